The van der Waals surface area contributed by atoms with E-state index < -0.39 is 0 Å². The van der Waals surface area contributed by atoms with E-state index in [-0.39, 0.29) is 17.5 Å². The Bertz CT molecular complexity index is 524. The van der Waals surface area contributed by atoms with Crippen LogP contribution in [0.2, 0.25) is 0 Å². The number of carbonyl (C=O) groups excluding carboxylic acids is 1. The van der Waals surface area contributed by atoms with Gasteiger partial charge in [-0.1, -0.05) is 26.0 Å². The third-order valence-corrected chi connectivity index (χ3v) is 8.38. The van der Waals surface area contributed by atoms with Crippen molar-refractivity contribution in [1.29, 1.82) is 0 Å². The third kappa shape index (κ3) is 2.23. The smallest absolute Gasteiger partial charge is 0.302 e. The van der Waals surface area contributed by atoms with E-state index in [1.807, 2.05) is 0 Å². The van der Waals surface area contributed by atoms with Crippen molar-refractivity contribution in [2.45, 2.75) is 78.2 Å². The maximum atomic E-state index is 11.5. The number of carbonyl (C=O) groups is 1. The van der Waals surface area contributed by atoms with Gasteiger partial charge >= 0.3 is 5.97 Å². The standard InChI is InChI=1S/C21H32O2/c1-14(22)23-19-10-9-17-16-8-7-15-6-4-5-12-20(15,2)18(16)11-13-21(17,19)3/h4,6,15-19H,5,7-13H2,1-3H3/t15-,16-,17-,18-,19-,20-,21-/m0/s1. The fourth-order valence-corrected chi connectivity index (χ4v) is 7.17. The number of rotatable bonds is 1. The van der Waals surface area contributed by atoms with Gasteiger partial charge in [0.2, 0.25) is 0 Å². The highest BCUT2D eigenvalue weighted by molar-refractivity contribution is 5.66. The average Bonchev–Trinajstić information content (AvgIpc) is 2.83. The van der Waals surface area contributed by atoms with E-state index in [1.54, 1.807) is 6.92 Å². The van der Waals surface area contributed by atoms with Gasteiger partial charge in [-0.2, -0.15) is 0 Å². The molecule has 7 atom stereocenters. The lowest BCUT2D eigenvalue weighted by Gasteiger charge is -2.59. The Morgan fingerprint density at radius 1 is 1.00 bits per heavy atom. The van der Waals surface area contributed by atoms with Gasteiger partial charge in [-0.15, -0.1) is 0 Å². The van der Waals surface area contributed by atoms with E-state index in [0.29, 0.717) is 5.41 Å². The summed E-state index contributed by atoms with van der Waals surface area (Å²) in [5, 5.41) is 0. The van der Waals surface area contributed by atoms with Crippen LogP contribution in [0.25, 0.3) is 0 Å². The van der Waals surface area contributed by atoms with Gasteiger partial charge in [-0.3, -0.25) is 4.79 Å². The van der Waals surface area contributed by atoms with Crippen LogP contribution < -0.4 is 0 Å². The molecule has 0 bridgehead atoms. The molecule has 0 spiro atoms. The molecule has 0 N–H and O–H groups in total. The third-order valence-electron chi connectivity index (χ3n) is 8.38. The molecular formula is C21H32O2. The number of hydrogen-bond acceptors (Lipinski definition) is 2. The molecule has 128 valence electrons. The van der Waals surface area contributed by atoms with Crippen LogP contribution in [0.5, 0.6) is 0 Å². The molecule has 0 aromatic heterocycles. The summed E-state index contributed by atoms with van der Waals surface area (Å²) < 4.78 is 5.75. The maximum Gasteiger partial charge on any atom is 0.302 e. The quantitative estimate of drug-likeness (QED) is 0.495. The zero-order valence-corrected chi connectivity index (χ0v) is 15.0. The summed E-state index contributed by atoms with van der Waals surface area (Å²) in [6.07, 6.45) is 15.5. The predicted octanol–water partition coefficient (Wildman–Crippen LogP) is 5.13. The zero-order chi connectivity index (χ0) is 16.2. The minimum atomic E-state index is -0.0907. The number of esters is 1. The highest BCUT2D eigenvalue weighted by Gasteiger charge is 2.60. The fourth-order valence-electron chi connectivity index (χ4n) is 7.17. The van der Waals surface area contributed by atoms with Gasteiger partial charge in [-0.05, 0) is 80.5 Å². The molecule has 0 amide bonds. The fraction of sp³-hybridized carbons (Fsp3) is 0.857. The Morgan fingerprint density at radius 2 is 1.78 bits per heavy atom. The number of ether oxygens (including phenoxy) is 1. The lowest BCUT2D eigenvalue weighted by atomic mass is 9.46. The van der Waals surface area contributed by atoms with Crippen LogP contribution in [-0.2, 0) is 9.53 Å². The SMILES string of the molecule is CC(=O)O[C@H]1CC[C@H]2[C@@H]3CC[C@@H]4C=CCC[C@]4(C)[C@H]3CC[C@]12C. The summed E-state index contributed by atoms with van der Waals surface area (Å²) in [4.78, 5) is 11.5. The summed E-state index contributed by atoms with van der Waals surface area (Å²) in [7, 11) is 0. The molecule has 3 fully saturated rings. The summed E-state index contributed by atoms with van der Waals surface area (Å²) in [6, 6.07) is 0. The van der Waals surface area contributed by atoms with E-state index in [9.17, 15) is 4.79 Å². The maximum absolute atomic E-state index is 11.5. The topological polar surface area (TPSA) is 26.3 Å². The Balaban J connectivity index is 1.60. The highest BCUT2D eigenvalue weighted by Crippen LogP contribution is 2.65. The van der Waals surface area contributed by atoms with Crippen molar-refractivity contribution in [3.05, 3.63) is 12.2 Å². The van der Waals surface area contributed by atoms with E-state index in [0.717, 1.165) is 30.1 Å². The average molecular weight is 316 g/mol. The molecule has 0 radical (unpaired) electrons. The summed E-state index contributed by atoms with van der Waals surface area (Å²) in [6.45, 7) is 6.58. The molecule has 0 aliphatic heterocycles. The van der Waals surface area contributed by atoms with Crippen molar-refractivity contribution in [1.82, 2.24) is 0 Å². The molecule has 23 heavy (non-hydrogen) atoms. The monoisotopic (exact) mass is 316 g/mol. The molecular weight excluding hydrogens is 284 g/mol. The first kappa shape index (κ1) is 15.7. The van der Waals surface area contributed by atoms with Crippen molar-refractivity contribution < 1.29 is 9.53 Å². The molecule has 0 aromatic rings. The van der Waals surface area contributed by atoms with E-state index in [4.69, 9.17) is 4.74 Å². The normalized spacial score (nSPS) is 51.5. The molecule has 0 unspecified atom stereocenters. The molecule has 4 aliphatic carbocycles. The van der Waals surface area contributed by atoms with Gasteiger partial charge in [0.05, 0.1) is 0 Å². The van der Waals surface area contributed by atoms with Crippen molar-refractivity contribution in [3.63, 3.8) is 0 Å². The minimum absolute atomic E-state index is 0.0907. The van der Waals surface area contributed by atoms with E-state index in [2.05, 4.69) is 26.0 Å². The minimum Gasteiger partial charge on any atom is -0.462 e. The van der Waals surface area contributed by atoms with Crippen LogP contribution in [0, 0.1) is 34.5 Å². The second-order valence-electron chi connectivity index (χ2n) is 9.25. The van der Waals surface area contributed by atoms with Gasteiger partial charge in [-0.25, -0.2) is 0 Å². The zero-order valence-electron chi connectivity index (χ0n) is 15.0. The second-order valence-corrected chi connectivity index (χ2v) is 9.25. The summed E-state index contributed by atoms with van der Waals surface area (Å²) in [5.74, 6) is 3.25. The van der Waals surface area contributed by atoms with Gasteiger partial charge in [0.1, 0.15) is 6.10 Å². The van der Waals surface area contributed by atoms with E-state index >= 15 is 0 Å². The van der Waals surface area contributed by atoms with Crippen LogP contribution in [0.15, 0.2) is 12.2 Å². The Hall–Kier alpha value is -0.790. The molecule has 4 aliphatic rings. The molecule has 3 saturated carbocycles. The molecule has 0 heterocycles. The van der Waals surface area contributed by atoms with Crippen LogP contribution in [0.3, 0.4) is 0 Å². The molecule has 0 saturated heterocycles. The molecule has 2 nitrogen and oxygen atoms in total. The van der Waals surface area contributed by atoms with Gasteiger partial charge in [0.25, 0.3) is 0 Å². The van der Waals surface area contributed by atoms with Crippen LogP contribution in [0.1, 0.15) is 72.1 Å². The lowest BCUT2D eigenvalue weighted by Crippen LogP contribution is -2.53. The number of allylic oxidation sites excluding steroid dienone is 2. The summed E-state index contributed by atoms with van der Waals surface area (Å²) >= 11 is 0. The van der Waals surface area contributed by atoms with Crippen molar-refractivity contribution >= 4 is 5.97 Å². The summed E-state index contributed by atoms with van der Waals surface area (Å²) in [5.41, 5.74) is 0.763. The molecule has 2 heteroatoms. The molecule has 0 aromatic carbocycles. The van der Waals surface area contributed by atoms with E-state index in [1.165, 1.54) is 44.9 Å². The Kier molecular flexibility index (Phi) is 3.66. The van der Waals surface area contributed by atoms with Crippen LogP contribution >= 0.6 is 0 Å². The molecule has 4 rings (SSSR count). The first-order chi connectivity index (χ1) is 10.9. The Morgan fingerprint density at radius 3 is 2.57 bits per heavy atom. The number of fused-ring (bicyclic) bond motifs is 5. The highest BCUT2D eigenvalue weighted by atomic mass is 16.5. The van der Waals surface area contributed by atoms with Crippen molar-refractivity contribution in [2.75, 3.05) is 0 Å². The first-order valence-corrected chi connectivity index (χ1v) is 9.79. The predicted molar refractivity (Wildman–Crippen MR) is 91.8 cm³/mol. The van der Waals surface area contributed by atoms with Crippen molar-refractivity contribution in [2.24, 2.45) is 34.5 Å². The second kappa shape index (κ2) is 5.36. The van der Waals surface area contributed by atoms with Crippen LogP contribution in [-0.4, -0.2) is 12.1 Å². The first-order valence-electron chi connectivity index (χ1n) is 9.79. The Labute approximate surface area is 141 Å². The largest absolute Gasteiger partial charge is 0.462 e. The van der Waals surface area contributed by atoms with Crippen molar-refractivity contribution in [3.8, 4) is 0 Å². The number of hydrogen-bond donors (Lipinski definition) is 0. The van der Waals surface area contributed by atoms with Gasteiger partial charge in [0, 0.05) is 12.3 Å². The van der Waals surface area contributed by atoms with Gasteiger partial charge in [0.15, 0.2) is 0 Å². The lowest BCUT2D eigenvalue weighted by molar-refractivity contribution is -0.159. The van der Waals surface area contributed by atoms with Gasteiger partial charge < -0.3 is 4.74 Å². The van der Waals surface area contributed by atoms with Crippen LogP contribution in [0.4, 0.5) is 0 Å².